The van der Waals surface area contributed by atoms with E-state index in [1.54, 1.807) is 67.8 Å². The van der Waals surface area contributed by atoms with Crippen molar-refractivity contribution in [2.45, 2.75) is 6.92 Å². The predicted molar refractivity (Wildman–Crippen MR) is 129 cm³/mol. The third kappa shape index (κ3) is 7.20. The van der Waals surface area contributed by atoms with Gasteiger partial charge >= 0.3 is 11.8 Å². The van der Waals surface area contributed by atoms with E-state index in [-0.39, 0.29) is 12.5 Å². The second kappa shape index (κ2) is 11.8. The Bertz CT molecular complexity index is 1170. The van der Waals surface area contributed by atoms with Gasteiger partial charge in [-0.15, -0.1) is 0 Å². The summed E-state index contributed by atoms with van der Waals surface area (Å²) in [5.74, 6) is -1.05. The summed E-state index contributed by atoms with van der Waals surface area (Å²) < 4.78 is 10.7. The number of amides is 3. The number of hydrogen-bond acceptors (Lipinski definition) is 6. The average molecular weight is 460 g/mol. The van der Waals surface area contributed by atoms with Gasteiger partial charge in [-0.05, 0) is 55.5 Å². The molecule has 0 aliphatic carbocycles. The summed E-state index contributed by atoms with van der Waals surface area (Å²) in [6.07, 6.45) is 1.33. The van der Waals surface area contributed by atoms with Crippen molar-refractivity contribution >= 4 is 35.3 Å². The first-order valence-corrected chi connectivity index (χ1v) is 10.3. The maximum Gasteiger partial charge on any atom is 0.329 e. The molecule has 0 heterocycles. The minimum Gasteiger partial charge on any atom is -0.497 e. The quantitative estimate of drug-likeness (QED) is 0.271. The molecule has 9 nitrogen and oxygen atoms in total. The highest BCUT2D eigenvalue weighted by Crippen LogP contribution is 2.17. The number of hydrogen-bond donors (Lipinski definition) is 3. The lowest BCUT2D eigenvalue weighted by Crippen LogP contribution is -2.32. The molecular formula is C25H24N4O5. The predicted octanol–water partition coefficient (Wildman–Crippen LogP) is 3.11. The van der Waals surface area contributed by atoms with E-state index in [2.05, 4.69) is 21.2 Å². The van der Waals surface area contributed by atoms with E-state index in [0.717, 1.165) is 5.56 Å². The summed E-state index contributed by atoms with van der Waals surface area (Å²) in [5.41, 5.74) is 4.83. The van der Waals surface area contributed by atoms with Crippen LogP contribution in [0.4, 0.5) is 11.4 Å². The molecule has 174 valence electrons. The maximum absolute atomic E-state index is 12.2. The molecule has 0 radical (unpaired) electrons. The van der Waals surface area contributed by atoms with Gasteiger partial charge in [-0.1, -0.05) is 29.8 Å². The van der Waals surface area contributed by atoms with Crippen molar-refractivity contribution in [3.8, 4) is 11.5 Å². The lowest BCUT2D eigenvalue weighted by molar-refractivity contribution is -0.136. The molecule has 0 saturated heterocycles. The Morgan fingerprint density at radius 1 is 0.853 bits per heavy atom. The number of para-hydroxylation sites is 1. The molecule has 9 heteroatoms. The number of rotatable bonds is 8. The highest BCUT2D eigenvalue weighted by Gasteiger charge is 2.13. The van der Waals surface area contributed by atoms with Gasteiger partial charge in [-0.2, -0.15) is 5.10 Å². The van der Waals surface area contributed by atoms with Crippen molar-refractivity contribution < 1.29 is 23.9 Å². The van der Waals surface area contributed by atoms with Gasteiger partial charge in [0.1, 0.15) is 11.5 Å². The van der Waals surface area contributed by atoms with Crippen LogP contribution in [0.2, 0.25) is 0 Å². The normalized spacial score (nSPS) is 10.4. The van der Waals surface area contributed by atoms with Crippen LogP contribution in [0.15, 0.2) is 77.9 Å². The van der Waals surface area contributed by atoms with Crippen LogP contribution < -0.4 is 25.5 Å². The summed E-state index contributed by atoms with van der Waals surface area (Å²) >= 11 is 0. The zero-order valence-electron chi connectivity index (χ0n) is 18.7. The monoisotopic (exact) mass is 460 g/mol. The second-order valence-corrected chi connectivity index (χ2v) is 7.12. The molecule has 3 aromatic carbocycles. The molecule has 0 unspecified atom stereocenters. The molecule has 34 heavy (non-hydrogen) atoms. The van der Waals surface area contributed by atoms with Crippen LogP contribution in [0.1, 0.15) is 11.1 Å². The number of carbonyl (C=O) groups excluding carboxylic acids is 3. The van der Waals surface area contributed by atoms with Gasteiger partial charge in [0.2, 0.25) is 0 Å². The van der Waals surface area contributed by atoms with Crippen molar-refractivity contribution in [1.82, 2.24) is 5.43 Å². The first-order valence-electron chi connectivity index (χ1n) is 10.3. The molecule has 0 bridgehead atoms. The fourth-order valence-corrected chi connectivity index (χ4v) is 2.77. The molecule has 3 aromatic rings. The smallest absolute Gasteiger partial charge is 0.329 e. The van der Waals surface area contributed by atoms with Gasteiger partial charge in [-0.3, -0.25) is 14.4 Å². The maximum atomic E-state index is 12.2. The minimum atomic E-state index is -0.922. The molecule has 3 rings (SSSR count). The third-order valence-corrected chi connectivity index (χ3v) is 4.54. The van der Waals surface area contributed by atoms with Crippen molar-refractivity contribution in [2.75, 3.05) is 24.4 Å². The number of ether oxygens (including phenoxy) is 2. The SMILES string of the molecule is COc1ccc(NC(=O)COc2ccccc2/C=N\NC(=O)C(=O)Nc2ccc(C)cc2)cc1. The van der Waals surface area contributed by atoms with Gasteiger partial charge < -0.3 is 20.1 Å². The minimum absolute atomic E-state index is 0.234. The zero-order valence-corrected chi connectivity index (χ0v) is 18.7. The number of aryl methyl sites for hydroxylation is 1. The summed E-state index contributed by atoms with van der Waals surface area (Å²) in [4.78, 5) is 36.2. The highest BCUT2D eigenvalue weighted by atomic mass is 16.5. The van der Waals surface area contributed by atoms with E-state index in [1.165, 1.54) is 6.21 Å². The van der Waals surface area contributed by atoms with Crippen LogP contribution in [0, 0.1) is 6.92 Å². The number of carbonyl (C=O) groups is 3. The fourth-order valence-electron chi connectivity index (χ4n) is 2.77. The highest BCUT2D eigenvalue weighted by molar-refractivity contribution is 6.39. The molecule has 0 fully saturated rings. The standard InChI is InChI=1S/C25H24N4O5/c1-17-7-9-20(10-8-17)28-24(31)25(32)29-26-15-18-5-3-4-6-22(18)34-16-23(30)27-19-11-13-21(33-2)14-12-19/h3-15H,16H2,1-2H3,(H,27,30)(H,28,31)(H,29,32)/b26-15-. The molecule has 0 atom stereocenters. The van der Waals surface area contributed by atoms with Crippen LogP contribution in [0.3, 0.4) is 0 Å². The Hall–Kier alpha value is -4.66. The number of methoxy groups -OCH3 is 1. The van der Waals surface area contributed by atoms with Gasteiger partial charge in [0.25, 0.3) is 5.91 Å². The molecule has 0 saturated carbocycles. The van der Waals surface area contributed by atoms with E-state index in [4.69, 9.17) is 9.47 Å². The van der Waals surface area contributed by atoms with E-state index in [1.807, 2.05) is 19.1 Å². The molecular weight excluding hydrogens is 436 g/mol. The molecule has 0 aromatic heterocycles. The van der Waals surface area contributed by atoms with Crippen LogP contribution >= 0.6 is 0 Å². The number of hydrazone groups is 1. The van der Waals surface area contributed by atoms with Gasteiger partial charge in [0.15, 0.2) is 6.61 Å². The lowest BCUT2D eigenvalue weighted by Gasteiger charge is -2.10. The topological polar surface area (TPSA) is 118 Å². The Morgan fingerprint density at radius 3 is 2.21 bits per heavy atom. The Labute approximate surface area is 196 Å². The fraction of sp³-hybridized carbons (Fsp3) is 0.120. The van der Waals surface area contributed by atoms with Crippen LogP contribution in [-0.4, -0.2) is 37.7 Å². The number of anilines is 2. The van der Waals surface area contributed by atoms with Crippen LogP contribution in [-0.2, 0) is 14.4 Å². The average Bonchev–Trinajstić information content (AvgIpc) is 2.85. The molecule has 0 aliphatic rings. The summed E-state index contributed by atoms with van der Waals surface area (Å²) in [6.45, 7) is 1.68. The second-order valence-electron chi connectivity index (χ2n) is 7.12. The Kier molecular flexibility index (Phi) is 8.34. The molecule has 3 N–H and O–H groups in total. The third-order valence-electron chi connectivity index (χ3n) is 4.54. The van der Waals surface area contributed by atoms with Crippen LogP contribution in [0.5, 0.6) is 11.5 Å². The first kappa shape index (κ1) is 24.0. The summed E-state index contributed by atoms with van der Waals surface area (Å²) in [7, 11) is 1.56. The molecule has 0 spiro atoms. The lowest BCUT2D eigenvalue weighted by atomic mass is 10.2. The Balaban J connectivity index is 1.51. The molecule has 3 amide bonds. The van der Waals surface area contributed by atoms with Crippen LogP contribution in [0.25, 0.3) is 0 Å². The number of nitrogens with zero attached hydrogens (tertiary/aromatic N) is 1. The summed E-state index contributed by atoms with van der Waals surface area (Å²) in [6, 6.07) is 20.8. The van der Waals surface area contributed by atoms with Crippen molar-refractivity contribution in [3.05, 3.63) is 83.9 Å². The van der Waals surface area contributed by atoms with Gasteiger partial charge in [0.05, 0.1) is 13.3 Å². The van der Waals surface area contributed by atoms with E-state index >= 15 is 0 Å². The van der Waals surface area contributed by atoms with E-state index < -0.39 is 11.8 Å². The van der Waals surface area contributed by atoms with Crippen molar-refractivity contribution in [1.29, 1.82) is 0 Å². The van der Waals surface area contributed by atoms with Crippen molar-refractivity contribution in [2.24, 2.45) is 5.10 Å². The van der Waals surface area contributed by atoms with Gasteiger partial charge in [0, 0.05) is 16.9 Å². The first-order chi connectivity index (χ1) is 16.4. The zero-order chi connectivity index (χ0) is 24.3. The summed E-state index contributed by atoms with van der Waals surface area (Å²) in [5, 5.41) is 9.02. The number of benzene rings is 3. The largest absolute Gasteiger partial charge is 0.497 e. The number of nitrogens with one attached hydrogen (secondary N) is 3. The Morgan fingerprint density at radius 2 is 1.50 bits per heavy atom. The van der Waals surface area contributed by atoms with Gasteiger partial charge in [-0.25, -0.2) is 5.43 Å². The van der Waals surface area contributed by atoms with E-state index in [9.17, 15) is 14.4 Å². The van der Waals surface area contributed by atoms with Crippen molar-refractivity contribution in [3.63, 3.8) is 0 Å². The molecule has 0 aliphatic heterocycles. The van der Waals surface area contributed by atoms with E-state index in [0.29, 0.717) is 28.4 Å².